The first kappa shape index (κ1) is 11.5. The fraction of sp³-hybridized carbons (Fsp3) is 0.500. The second-order valence-corrected chi connectivity index (χ2v) is 4.59. The van der Waals surface area contributed by atoms with E-state index in [2.05, 4.69) is 12.3 Å². The maximum Gasteiger partial charge on any atom is 0.126 e. The summed E-state index contributed by atoms with van der Waals surface area (Å²) in [6.07, 6.45) is 1.54. The Bertz CT molecular complexity index is 381. The van der Waals surface area contributed by atoms with Crippen molar-refractivity contribution in [3.63, 3.8) is 0 Å². The van der Waals surface area contributed by atoms with E-state index in [1.165, 1.54) is 6.07 Å². The van der Waals surface area contributed by atoms with Crippen molar-refractivity contribution in [3.05, 3.63) is 35.4 Å². The molecule has 1 aliphatic carbocycles. The smallest absolute Gasteiger partial charge is 0.126 e. The topological polar surface area (TPSA) is 38.0 Å². The molecule has 3 atom stereocenters. The van der Waals surface area contributed by atoms with Crippen LogP contribution in [0.15, 0.2) is 18.2 Å². The van der Waals surface area contributed by atoms with Crippen LogP contribution >= 0.6 is 0 Å². The van der Waals surface area contributed by atoms with Gasteiger partial charge in [-0.15, -0.1) is 0 Å². The lowest BCUT2D eigenvalue weighted by molar-refractivity contribution is 0.444. The molecule has 0 bridgehead atoms. The molecule has 1 aliphatic rings. The van der Waals surface area contributed by atoms with Gasteiger partial charge >= 0.3 is 0 Å². The molecule has 3 unspecified atom stereocenters. The number of nitrogens with one attached hydrogen (secondary N) is 1. The molecule has 4 heteroatoms. The summed E-state index contributed by atoms with van der Waals surface area (Å²) in [5.74, 6) is 5.78. The van der Waals surface area contributed by atoms with Crippen LogP contribution in [0.1, 0.15) is 18.9 Å². The lowest BCUT2D eigenvalue weighted by atomic mass is 10.0. The second kappa shape index (κ2) is 4.47. The third-order valence-corrected chi connectivity index (χ3v) is 3.35. The molecule has 88 valence electrons. The van der Waals surface area contributed by atoms with Gasteiger partial charge in [-0.05, 0) is 48.4 Å². The Balaban J connectivity index is 2.09. The number of hydrogen-bond donors (Lipinski definition) is 2. The minimum atomic E-state index is -0.406. The number of rotatable bonds is 4. The molecule has 0 saturated heterocycles. The summed E-state index contributed by atoms with van der Waals surface area (Å²) in [5, 5.41) is 0. The van der Waals surface area contributed by atoms with Crippen LogP contribution in [0, 0.1) is 23.5 Å². The van der Waals surface area contributed by atoms with E-state index in [4.69, 9.17) is 5.84 Å². The Labute approximate surface area is 93.8 Å². The van der Waals surface area contributed by atoms with E-state index in [0.29, 0.717) is 23.8 Å². The maximum absolute atomic E-state index is 13.4. The van der Waals surface area contributed by atoms with Crippen molar-refractivity contribution in [1.29, 1.82) is 0 Å². The fourth-order valence-electron chi connectivity index (χ4n) is 2.18. The average molecular weight is 226 g/mol. The normalized spacial score (nSPS) is 25.5. The van der Waals surface area contributed by atoms with Gasteiger partial charge in [0.1, 0.15) is 11.6 Å². The van der Waals surface area contributed by atoms with Crippen LogP contribution < -0.4 is 11.3 Å². The summed E-state index contributed by atoms with van der Waals surface area (Å²) in [5.41, 5.74) is 3.09. The Morgan fingerprint density at radius 3 is 2.75 bits per heavy atom. The van der Waals surface area contributed by atoms with Crippen LogP contribution in [0.4, 0.5) is 8.78 Å². The Morgan fingerprint density at radius 1 is 1.50 bits per heavy atom. The maximum atomic E-state index is 13.4. The summed E-state index contributed by atoms with van der Waals surface area (Å²) >= 11 is 0. The summed E-state index contributed by atoms with van der Waals surface area (Å²) in [6.45, 7) is 2.14. The van der Waals surface area contributed by atoms with E-state index in [-0.39, 0.29) is 11.9 Å². The van der Waals surface area contributed by atoms with Gasteiger partial charge in [0.2, 0.25) is 0 Å². The zero-order valence-corrected chi connectivity index (χ0v) is 9.21. The molecule has 1 aromatic carbocycles. The molecule has 0 radical (unpaired) electrons. The molecule has 16 heavy (non-hydrogen) atoms. The van der Waals surface area contributed by atoms with Gasteiger partial charge in [-0.1, -0.05) is 6.92 Å². The van der Waals surface area contributed by atoms with Crippen molar-refractivity contribution in [2.24, 2.45) is 17.7 Å². The van der Waals surface area contributed by atoms with Crippen molar-refractivity contribution in [2.45, 2.75) is 25.8 Å². The van der Waals surface area contributed by atoms with Crippen molar-refractivity contribution in [2.75, 3.05) is 0 Å². The quantitative estimate of drug-likeness (QED) is 0.608. The first-order valence-corrected chi connectivity index (χ1v) is 5.52. The first-order valence-electron chi connectivity index (χ1n) is 5.52. The molecule has 0 amide bonds. The zero-order chi connectivity index (χ0) is 11.7. The Hall–Kier alpha value is -1.00. The highest BCUT2D eigenvalue weighted by atomic mass is 19.1. The van der Waals surface area contributed by atoms with Crippen molar-refractivity contribution >= 4 is 0 Å². The van der Waals surface area contributed by atoms with Gasteiger partial charge in [0.15, 0.2) is 0 Å². The number of hydrazine groups is 1. The van der Waals surface area contributed by atoms with Gasteiger partial charge < -0.3 is 0 Å². The molecular weight excluding hydrogens is 210 g/mol. The van der Waals surface area contributed by atoms with Gasteiger partial charge in [-0.3, -0.25) is 11.3 Å². The molecule has 0 aliphatic heterocycles. The third kappa shape index (κ3) is 2.39. The predicted octanol–water partition coefficient (Wildman–Crippen LogP) is 2.00. The minimum absolute atomic E-state index is 0.0336. The average Bonchev–Trinajstić information content (AvgIpc) is 2.97. The first-order chi connectivity index (χ1) is 7.61. The standard InChI is InChI=1S/C12H16F2N2/c1-7-4-10(7)12(16-15)6-8-5-9(13)2-3-11(8)14/h2-3,5,7,10,12,16H,4,6,15H2,1H3. The van der Waals surface area contributed by atoms with Gasteiger partial charge in [0, 0.05) is 6.04 Å². The molecule has 1 aromatic rings. The summed E-state index contributed by atoms with van der Waals surface area (Å²) < 4.78 is 26.4. The molecule has 2 nitrogen and oxygen atoms in total. The summed E-state index contributed by atoms with van der Waals surface area (Å²) in [7, 11) is 0. The van der Waals surface area contributed by atoms with Crippen LogP contribution in [0.2, 0.25) is 0 Å². The Kier molecular flexibility index (Phi) is 3.21. The molecule has 0 heterocycles. The van der Waals surface area contributed by atoms with E-state index < -0.39 is 5.82 Å². The molecular formula is C12H16F2N2. The van der Waals surface area contributed by atoms with Gasteiger partial charge in [-0.25, -0.2) is 8.78 Å². The highest BCUT2D eigenvalue weighted by Gasteiger charge is 2.39. The van der Waals surface area contributed by atoms with Gasteiger partial charge in [0.25, 0.3) is 0 Å². The van der Waals surface area contributed by atoms with E-state index in [0.717, 1.165) is 18.6 Å². The van der Waals surface area contributed by atoms with Crippen LogP contribution in [0.5, 0.6) is 0 Å². The van der Waals surface area contributed by atoms with E-state index in [1.54, 1.807) is 0 Å². The van der Waals surface area contributed by atoms with E-state index in [1.807, 2.05) is 0 Å². The molecule has 0 spiro atoms. The predicted molar refractivity (Wildman–Crippen MR) is 58.4 cm³/mol. The van der Waals surface area contributed by atoms with Crippen LogP contribution in [-0.2, 0) is 6.42 Å². The summed E-state index contributed by atoms with van der Waals surface area (Å²) in [6, 6.07) is 3.57. The monoisotopic (exact) mass is 226 g/mol. The van der Waals surface area contributed by atoms with Gasteiger partial charge in [0.05, 0.1) is 0 Å². The van der Waals surface area contributed by atoms with Crippen molar-refractivity contribution < 1.29 is 8.78 Å². The van der Waals surface area contributed by atoms with Gasteiger partial charge in [-0.2, -0.15) is 0 Å². The molecule has 2 rings (SSSR count). The Morgan fingerprint density at radius 2 is 2.19 bits per heavy atom. The number of benzene rings is 1. The van der Waals surface area contributed by atoms with Crippen molar-refractivity contribution in [1.82, 2.24) is 5.43 Å². The van der Waals surface area contributed by atoms with Crippen LogP contribution in [0.25, 0.3) is 0 Å². The van der Waals surface area contributed by atoms with Crippen LogP contribution in [0.3, 0.4) is 0 Å². The molecule has 3 N–H and O–H groups in total. The number of halogens is 2. The second-order valence-electron chi connectivity index (χ2n) is 4.59. The number of nitrogens with two attached hydrogens (primary N) is 1. The lowest BCUT2D eigenvalue weighted by Crippen LogP contribution is -2.39. The van der Waals surface area contributed by atoms with Crippen LogP contribution in [-0.4, -0.2) is 6.04 Å². The molecule has 1 fully saturated rings. The third-order valence-electron chi connectivity index (χ3n) is 3.35. The zero-order valence-electron chi connectivity index (χ0n) is 9.21. The largest absolute Gasteiger partial charge is 0.271 e. The summed E-state index contributed by atoms with van der Waals surface area (Å²) in [4.78, 5) is 0. The molecule has 1 saturated carbocycles. The number of hydrogen-bond acceptors (Lipinski definition) is 2. The van der Waals surface area contributed by atoms with Crippen molar-refractivity contribution in [3.8, 4) is 0 Å². The highest BCUT2D eigenvalue weighted by Crippen LogP contribution is 2.41. The fourth-order valence-corrected chi connectivity index (χ4v) is 2.18. The lowest BCUT2D eigenvalue weighted by Gasteiger charge is -2.16. The minimum Gasteiger partial charge on any atom is -0.271 e. The molecule has 0 aromatic heterocycles. The highest BCUT2D eigenvalue weighted by molar-refractivity contribution is 5.20. The SMILES string of the molecule is CC1CC1C(Cc1cc(F)ccc1F)NN. The van der Waals surface area contributed by atoms with E-state index >= 15 is 0 Å². The van der Waals surface area contributed by atoms with E-state index in [9.17, 15) is 8.78 Å².